The first kappa shape index (κ1) is 12.4. The second-order valence-electron chi connectivity index (χ2n) is 3.65. The molecule has 1 rings (SSSR count). The lowest BCUT2D eigenvalue weighted by molar-refractivity contribution is 0.0992. The molecule has 0 aliphatic carbocycles. The van der Waals surface area contributed by atoms with Crippen molar-refractivity contribution in [2.45, 2.75) is 20.3 Å². The summed E-state index contributed by atoms with van der Waals surface area (Å²) in [6.45, 7) is 3.90. The predicted octanol–water partition coefficient (Wildman–Crippen LogP) is 1.98. The number of sulfone groups is 1. The number of hydrogen-bond donors (Lipinski definition) is 0. The molecule has 0 radical (unpaired) electrons. The zero-order valence-corrected chi connectivity index (χ0v) is 10.7. The average molecular weight is 246 g/mol. The highest BCUT2D eigenvalue weighted by Crippen LogP contribution is 2.21. The molecule has 84 valence electrons. The molecule has 0 amide bonds. The highest BCUT2D eigenvalue weighted by atomic mass is 32.2. The minimum atomic E-state index is -3.05. The molecule has 0 N–H and O–H groups in total. The molecule has 0 spiro atoms. The number of ketones is 1. The molecule has 0 aromatic carbocycles. The first-order valence-corrected chi connectivity index (χ1v) is 7.45. The summed E-state index contributed by atoms with van der Waals surface area (Å²) in [6.07, 6.45) is 1.23. The van der Waals surface area contributed by atoms with E-state index in [1.807, 2.05) is 19.9 Å². The fourth-order valence-electron chi connectivity index (χ4n) is 1.11. The Balaban J connectivity index is 2.70. The Morgan fingerprint density at radius 3 is 2.40 bits per heavy atom. The fourth-order valence-corrected chi connectivity index (χ4v) is 2.67. The van der Waals surface area contributed by atoms with E-state index in [2.05, 4.69) is 0 Å². The van der Waals surface area contributed by atoms with E-state index in [9.17, 15) is 13.2 Å². The minimum Gasteiger partial charge on any atom is -0.293 e. The SMILES string of the molecule is Cc1cc(C(=O)CCS(C)(=O)=O)sc1C. The molecule has 0 unspecified atom stereocenters. The van der Waals surface area contributed by atoms with Crippen LogP contribution in [0.3, 0.4) is 0 Å². The second kappa shape index (κ2) is 4.45. The van der Waals surface area contributed by atoms with E-state index >= 15 is 0 Å². The number of rotatable bonds is 4. The van der Waals surface area contributed by atoms with E-state index in [0.717, 1.165) is 16.7 Å². The molecule has 1 aromatic rings. The molecule has 5 heteroatoms. The third-order valence-electron chi connectivity index (χ3n) is 2.14. The maximum atomic E-state index is 11.6. The lowest BCUT2D eigenvalue weighted by Crippen LogP contribution is -2.08. The van der Waals surface area contributed by atoms with Gasteiger partial charge in [-0.05, 0) is 25.5 Å². The second-order valence-corrected chi connectivity index (χ2v) is 7.17. The highest BCUT2D eigenvalue weighted by Gasteiger charge is 2.13. The summed E-state index contributed by atoms with van der Waals surface area (Å²) in [5, 5.41) is 0. The van der Waals surface area contributed by atoms with Crippen LogP contribution in [-0.2, 0) is 9.84 Å². The van der Waals surface area contributed by atoms with Crippen molar-refractivity contribution < 1.29 is 13.2 Å². The molecule has 0 atom stereocenters. The van der Waals surface area contributed by atoms with Gasteiger partial charge in [0.05, 0.1) is 10.6 Å². The Morgan fingerprint density at radius 2 is 2.00 bits per heavy atom. The van der Waals surface area contributed by atoms with Crippen LogP contribution in [0.4, 0.5) is 0 Å². The summed E-state index contributed by atoms with van der Waals surface area (Å²) in [5.41, 5.74) is 1.09. The van der Waals surface area contributed by atoms with Gasteiger partial charge in [-0.25, -0.2) is 8.42 Å². The van der Waals surface area contributed by atoms with Crippen molar-refractivity contribution >= 4 is 27.0 Å². The van der Waals surface area contributed by atoms with Crippen LogP contribution in [0.1, 0.15) is 26.5 Å². The summed E-state index contributed by atoms with van der Waals surface area (Å²) < 4.78 is 21.8. The van der Waals surface area contributed by atoms with Gasteiger partial charge in [0, 0.05) is 17.6 Å². The van der Waals surface area contributed by atoms with Crippen molar-refractivity contribution in [3.8, 4) is 0 Å². The van der Waals surface area contributed by atoms with Gasteiger partial charge in [-0.3, -0.25) is 4.79 Å². The smallest absolute Gasteiger partial charge is 0.173 e. The molecule has 1 aromatic heterocycles. The van der Waals surface area contributed by atoms with Crippen LogP contribution >= 0.6 is 11.3 Å². The van der Waals surface area contributed by atoms with Gasteiger partial charge < -0.3 is 0 Å². The maximum absolute atomic E-state index is 11.6. The molecule has 1 heterocycles. The number of hydrogen-bond acceptors (Lipinski definition) is 4. The highest BCUT2D eigenvalue weighted by molar-refractivity contribution is 7.90. The van der Waals surface area contributed by atoms with Crippen LogP contribution in [0.2, 0.25) is 0 Å². The molecule has 0 aliphatic heterocycles. The van der Waals surface area contributed by atoms with Gasteiger partial charge in [0.15, 0.2) is 5.78 Å². The summed E-state index contributed by atoms with van der Waals surface area (Å²) in [7, 11) is -3.05. The van der Waals surface area contributed by atoms with Gasteiger partial charge in [0.2, 0.25) is 0 Å². The van der Waals surface area contributed by atoms with Crippen molar-refractivity contribution in [3.05, 3.63) is 21.4 Å². The number of carbonyl (C=O) groups is 1. The first-order chi connectivity index (χ1) is 6.79. The van der Waals surface area contributed by atoms with Gasteiger partial charge in [-0.2, -0.15) is 0 Å². The van der Waals surface area contributed by atoms with Gasteiger partial charge >= 0.3 is 0 Å². The monoisotopic (exact) mass is 246 g/mol. The van der Waals surface area contributed by atoms with Crippen molar-refractivity contribution in [2.75, 3.05) is 12.0 Å². The lowest BCUT2D eigenvalue weighted by Gasteiger charge is -1.96. The quantitative estimate of drug-likeness (QED) is 0.763. The van der Waals surface area contributed by atoms with Gasteiger partial charge in [-0.15, -0.1) is 11.3 Å². The van der Waals surface area contributed by atoms with E-state index in [0.29, 0.717) is 4.88 Å². The molecular weight excluding hydrogens is 232 g/mol. The van der Waals surface area contributed by atoms with Gasteiger partial charge in [0.1, 0.15) is 9.84 Å². The Labute approximate surface area is 94.0 Å². The van der Waals surface area contributed by atoms with Gasteiger partial charge in [0.25, 0.3) is 0 Å². The molecule has 0 fully saturated rings. The first-order valence-electron chi connectivity index (χ1n) is 4.57. The van der Waals surface area contributed by atoms with Crippen LogP contribution in [0.25, 0.3) is 0 Å². The number of carbonyl (C=O) groups excluding carboxylic acids is 1. The molecule has 0 aliphatic rings. The molecule has 15 heavy (non-hydrogen) atoms. The molecule has 0 saturated heterocycles. The van der Waals surface area contributed by atoms with E-state index in [4.69, 9.17) is 0 Å². The van der Waals surface area contributed by atoms with Crippen molar-refractivity contribution in [1.29, 1.82) is 0 Å². The van der Waals surface area contributed by atoms with Crippen LogP contribution in [0.5, 0.6) is 0 Å². The Kier molecular flexibility index (Phi) is 3.67. The van der Waals surface area contributed by atoms with Crippen LogP contribution in [-0.4, -0.2) is 26.2 Å². The topological polar surface area (TPSA) is 51.2 Å². The zero-order valence-electron chi connectivity index (χ0n) is 9.03. The van der Waals surface area contributed by atoms with Crippen molar-refractivity contribution in [2.24, 2.45) is 0 Å². The van der Waals surface area contributed by atoms with Crippen LogP contribution < -0.4 is 0 Å². The van der Waals surface area contributed by atoms with Crippen molar-refractivity contribution in [1.82, 2.24) is 0 Å². The third kappa shape index (κ3) is 3.76. The molecule has 0 saturated carbocycles. The Bertz CT molecular complexity index is 449. The van der Waals surface area contributed by atoms with Crippen LogP contribution in [0.15, 0.2) is 6.07 Å². The third-order valence-corrected chi connectivity index (χ3v) is 4.28. The average Bonchev–Trinajstić information content (AvgIpc) is 2.42. The minimum absolute atomic E-state index is 0.0676. The summed E-state index contributed by atoms with van der Waals surface area (Å²) in [4.78, 5) is 13.4. The summed E-state index contributed by atoms with van der Waals surface area (Å²) in [5.74, 6) is -0.149. The van der Waals surface area contributed by atoms with Crippen LogP contribution in [0, 0.1) is 13.8 Å². The number of aryl methyl sites for hydroxylation is 2. The maximum Gasteiger partial charge on any atom is 0.173 e. The number of Topliss-reactive ketones (excluding diaryl/α,β-unsaturated/α-hetero) is 1. The molecule has 3 nitrogen and oxygen atoms in total. The largest absolute Gasteiger partial charge is 0.293 e. The number of thiophene rings is 1. The normalized spacial score (nSPS) is 11.7. The predicted molar refractivity (Wildman–Crippen MR) is 62.5 cm³/mol. The molecular formula is C10H14O3S2. The van der Waals surface area contributed by atoms with Gasteiger partial charge in [-0.1, -0.05) is 0 Å². The van der Waals surface area contributed by atoms with E-state index in [-0.39, 0.29) is 18.0 Å². The van der Waals surface area contributed by atoms with E-state index < -0.39 is 9.84 Å². The Morgan fingerprint density at radius 1 is 1.40 bits per heavy atom. The van der Waals surface area contributed by atoms with E-state index in [1.54, 1.807) is 0 Å². The lowest BCUT2D eigenvalue weighted by atomic mass is 10.2. The standard InChI is InChI=1S/C10H14O3S2/c1-7-6-10(14-8(7)2)9(11)4-5-15(3,12)13/h6H,4-5H2,1-3H3. The summed E-state index contributed by atoms with van der Waals surface area (Å²) in [6, 6.07) is 1.82. The Hall–Kier alpha value is -0.680. The zero-order chi connectivity index (χ0) is 11.6. The van der Waals surface area contributed by atoms with E-state index in [1.165, 1.54) is 11.3 Å². The van der Waals surface area contributed by atoms with Crippen molar-refractivity contribution in [3.63, 3.8) is 0 Å². The fraction of sp³-hybridized carbons (Fsp3) is 0.500. The molecule has 0 bridgehead atoms. The summed E-state index contributed by atoms with van der Waals surface area (Å²) >= 11 is 1.43.